The molecule has 1 aliphatic rings. The molecule has 0 radical (unpaired) electrons. The third-order valence-electron chi connectivity index (χ3n) is 3.02. The van der Waals surface area contributed by atoms with Gasteiger partial charge in [0.25, 0.3) is 5.91 Å². The van der Waals surface area contributed by atoms with E-state index in [1.807, 2.05) is 18.2 Å². The molecule has 0 aliphatic heterocycles. The monoisotopic (exact) mass is 219 g/mol. The summed E-state index contributed by atoms with van der Waals surface area (Å²) in [6.45, 7) is 0. The quantitative estimate of drug-likeness (QED) is 0.795. The van der Waals surface area contributed by atoms with Crippen molar-refractivity contribution in [2.24, 2.45) is 0 Å². The molecule has 0 aromatic heterocycles. The lowest BCUT2D eigenvalue weighted by Crippen LogP contribution is -2.39. The van der Waals surface area contributed by atoms with Crippen LogP contribution >= 0.6 is 0 Å². The van der Waals surface area contributed by atoms with Crippen LogP contribution in [0, 0.1) is 0 Å². The summed E-state index contributed by atoms with van der Waals surface area (Å²) in [5.74, 6) is -0.0419. The smallest absolute Gasteiger partial charge is 0.251 e. The molecule has 16 heavy (non-hydrogen) atoms. The highest BCUT2D eigenvalue weighted by molar-refractivity contribution is 5.94. The Hall–Kier alpha value is -1.35. The lowest BCUT2D eigenvalue weighted by molar-refractivity contribution is 0.0850. The van der Waals surface area contributed by atoms with Crippen LogP contribution in [0.3, 0.4) is 0 Å². The summed E-state index contributed by atoms with van der Waals surface area (Å²) in [7, 11) is 0. The Morgan fingerprint density at radius 1 is 1.25 bits per heavy atom. The maximum atomic E-state index is 11.8. The first-order chi connectivity index (χ1) is 7.75. The van der Waals surface area contributed by atoms with Gasteiger partial charge in [-0.25, -0.2) is 0 Å². The van der Waals surface area contributed by atoms with Crippen LogP contribution in [0.2, 0.25) is 0 Å². The number of hydrogen-bond donors (Lipinski definition) is 2. The number of carbonyl (C=O) groups is 1. The molecule has 0 saturated heterocycles. The molecular weight excluding hydrogens is 202 g/mol. The Morgan fingerprint density at radius 2 is 2.00 bits per heavy atom. The first-order valence-corrected chi connectivity index (χ1v) is 5.79. The van der Waals surface area contributed by atoms with Crippen molar-refractivity contribution in [3.05, 3.63) is 35.9 Å². The molecule has 1 saturated carbocycles. The van der Waals surface area contributed by atoms with Crippen LogP contribution in [0.15, 0.2) is 30.3 Å². The lowest BCUT2D eigenvalue weighted by Gasteiger charge is -2.26. The van der Waals surface area contributed by atoms with Crippen molar-refractivity contribution >= 4 is 5.91 Å². The van der Waals surface area contributed by atoms with Gasteiger partial charge in [0.05, 0.1) is 6.10 Å². The molecule has 3 heteroatoms. The zero-order valence-corrected chi connectivity index (χ0v) is 9.23. The average molecular weight is 219 g/mol. The molecule has 1 aromatic carbocycles. The van der Waals surface area contributed by atoms with E-state index in [-0.39, 0.29) is 18.1 Å². The van der Waals surface area contributed by atoms with Crippen molar-refractivity contribution in [1.82, 2.24) is 5.32 Å². The average Bonchev–Trinajstić information content (AvgIpc) is 2.30. The van der Waals surface area contributed by atoms with Gasteiger partial charge in [-0.2, -0.15) is 0 Å². The molecule has 2 atom stereocenters. The van der Waals surface area contributed by atoms with Gasteiger partial charge in [0.1, 0.15) is 0 Å². The summed E-state index contributed by atoms with van der Waals surface area (Å²) in [5.41, 5.74) is 0.683. The van der Waals surface area contributed by atoms with Crippen LogP contribution in [0.1, 0.15) is 36.0 Å². The molecule has 0 unspecified atom stereocenters. The van der Waals surface area contributed by atoms with E-state index in [0.29, 0.717) is 12.0 Å². The van der Waals surface area contributed by atoms with E-state index in [1.165, 1.54) is 0 Å². The summed E-state index contributed by atoms with van der Waals surface area (Å²) in [5, 5.41) is 12.5. The molecule has 2 rings (SSSR count). The summed E-state index contributed by atoms with van der Waals surface area (Å²) >= 11 is 0. The second-order valence-electron chi connectivity index (χ2n) is 4.36. The molecule has 1 amide bonds. The van der Waals surface area contributed by atoms with Crippen LogP contribution < -0.4 is 5.32 Å². The van der Waals surface area contributed by atoms with Gasteiger partial charge < -0.3 is 10.4 Å². The number of rotatable bonds is 2. The first-order valence-electron chi connectivity index (χ1n) is 5.79. The molecule has 1 aliphatic carbocycles. The van der Waals surface area contributed by atoms with Gasteiger partial charge in [-0.1, -0.05) is 18.2 Å². The maximum absolute atomic E-state index is 11.8. The largest absolute Gasteiger partial charge is 0.393 e. The zero-order chi connectivity index (χ0) is 11.4. The molecule has 1 aromatic rings. The Balaban J connectivity index is 1.92. The molecule has 3 nitrogen and oxygen atoms in total. The number of benzene rings is 1. The first kappa shape index (κ1) is 11.1. The minimum absolute atomic E-state index is 0.0419. The minimum atomic E-state index is -0.255. The van der Waals surface area contributed by atoms with Crippen molar-refractivity contribution in [1.29, 1.82) is 0 Å². The fraction of sp³-hybridized carbons (Fsp3) is 0.462. The van der Waals surface area contributed by atoms with E-state index in [2.05, 4.69) is 5.32 Å². The number of nitrogens with one attached hydrogen (secondary N) is 1. The lowest BCUT2D eigenvalue weighted by atomic mass is 9.93. The Morgan fingerprint density at radius 3 is 2.69 bits per heavy atom. The van der Waals surface area contributed by atoms with E-state index < -0.39 is 0 Å². The van der Waals surface area contributed by atoms with E-state index in [1.54, 1.807) is 12.1 Å². The Kier molecular flexibility index (Phi) is 3.57. The van der Waals surface area contributed by atoms with Crippen molar-refractivity contribution < 1.29 is 9.90 Å². The van der Waals surface area contributed by atoms with Gasteiger partial charge in [0.15, 0.2) is 0 Å². The topological polar surface area (TPSA) is 49.3 Å². The maximum Gasteiger partial charge on any atom is 0.251 e. The predicted molar refractivity (Wildman–Crippen MR) is 62.2 cm³/mol. The molecule has 86 valence electrons. The standard InChI is InChI=1S/C13H17NO2/c15-12-8-4-7-11(9-12)14-13(16)10-5-2-1-3-6-10/h1-3,5-6,11-12,15H,4,7-9H2,(H,14,16)/t11-,12-/m1/s1. The number of aliphatic hydroxyl groups excluding tert-OH is 1. The SMILES string of the molecule is O=C(N[C@@H]1CCC[C@@H](O)C1)c1ccccc1. The summed E-state index contributed by atoms with van der Waals surface area (Å²) in [6.07, 6.45) is 3.24. The Labute approximate surface area is 95.5 Å². The molecule has 0 spiro atoms. The molecule has 2 N–H and O–H groups in total. The van der Waals surface area contributed by atoms with E-state index in [9.17, 15) is 9.90 Å². The normalized spacial score (nSPS) is 25.1. The van der Waals surface area contributed by atoms with Crippen LogP contribution in [0.25, 0.3) is 0 Å². The van der Waals surface area contributed by atoms with Crippen molar-refractivity contribution in [3.63, 3.8) is 0 Å². The second kappa shape index (κ2) is 5.12. The third-order valence-corrected chi connectivity index (χ3v) is 3.02. The van der Waals surface area contributed by atoms with Crippen molar-refractivity contribution in [2.75, 3.05) is 0 Å². The van der Waals surface area contributed by atoms with E-state index in [4.69, 9.17) is 0 Å². The van der Waals surface area contributed by atoms with Gasteiger partial charge in [-0.05, 0) is 37.8 Å². The van der Waals surface area contributed by atoms with Crippen LogP contribution in [-0.4, -0.2) is 23.2 Å². The molecule has 1 fully saturated rings. The Bertz CT molecular complexity index is 350. The fourth-order valence-corrected chi connectivity index (χ4v) is 2.15. The van der Waals surface area contributed by atoms with Crippen molar-refractivity contribution in [2.45, 2.75) is 37.8 Å². The highest BCUT2D eigenvalue weighted by Crippen LogP contribution is 2.18. The summed E-state index contributed by atoms with van der Waals surface area (Å²) < 4.78 is 0. The van der Waals surface area contributed by atoms with Gasteiger partial charge in [-0.3, -0.25) is 4.79 Å². The van der Waals surface area contributed by atoms with E-state index >= 15 is 0 Å². The zero-order valence-electron chi connectivity index (χ0n) is 9.23. The number of amides is 1. The predicted octanol–water partition coefficient (Wildman–Crippen LogP) is 1.72. The number of aliphatic hydroxyl groups is 1. The van der Waals surface area contributed by atoms with Gasteiger partial charge in [0, 0.05) is 11.6 Å². The highest BCUT2D eigenvalue weighted by atomic mass is 16.3. The van der Waals surface area contributed by atoms with Gasteiger partial charge in [-0.15, -0.1) is 0 Å². The minimum Gasteiger partial charge on any atom is -0.393 e. The van der Waals surface area contributed by atoms with Gasteiger partial charge in [0.2, 0.25) is 0 Å². The molecule has 0 heterocycles. The van der Waals surface area contributed by atoms with Crippen molar-refractivity contribution in [3.8, 4) is 0 Å². The molecular formula is C13H17NO2. The van der Waals surface area contributed by atoms with Gasteiger partial charge >= 0.3 is 0 Å². The van der Waals surface area contributed by atoms with Crippen LogP contribution in [0.4, 0.5) is 0 Å². The van der Waals surface area contributed by atoms with Crippen LogP contribution in [-0.2, 0) is 0 Å². The summed E-state index contributed by atoms with van der Waals surface area (Å²) in [6, 6.07) is 9.32. The number of carbonyl (C=O) groups excluding carboxylic acids is 1. The number of hydrogen-bond acceptors (Lipinski definition) is 2. The second-order valence-corrected chi connectivity index (χ2v) is 4.36. The van der Waals surface area contributed by atoms with Crippen LogP contribution in [0.5, 0.6) is 0 Å². The highest BCUT2D eigenvalue weighted by Gasteiger charge is 2.21. The van der Waals surface area contributed by atoms with E-state index in [0.717, 1.165) is 19.3 Å². The fourth-order valence-electron chi connectivity index (χ4n) is 2.15. The molecule has 0 bridgehead atoms. The third kappa shape index (κ3) is 2.83. The summed E-state index contributed by atoms with van der Waals surface area (Å²) in [4.78, 5) is 11.8.